The minimum absolute atomic E-state index is 0.0314. The fraction of sp³-hybridized carbons (Fsp3) is 0.381. The zero-order chi connectivity index (χ0) is 17.4. The van der Waals surface area contributed by atoms with Crippen LogP contribution in [-0.2, 0) is 12.8 Å². The molecule has 0 heterocycles. The van der Waals surface area contributed by atoms with Crippen LogP contribution in [0, 0.1) is 5.92 Å². The number of hydrogen-bond acceptors (Lipinski definition) is 2. The van der Waals surface area contributed by atoms with Crippen molar-refractivity contribution in [3.63, 3.8) is 0 Å². The molecule has 2 unspecified atom stereocenters. The minimum Gasteiger partial charge on any atom is -0.393 e. The van der Waals surface area contributed by atoms with Crippen LogP contribution < -0.4 is 5.32 Å². The largest absolute Gasteiger partial charge is 0.393 e. The SMILES string of the molecule is CC(O)CC(C)CNC(=O)c1ccccc1CCc1ccccc1. The van der Waals surface area contributed by atoms with Crippen LogP contribution in [0.4, 0.5) is 0 Å². The topological polar surface area (TPSA) is 49.3 Å². The number of nitrogens with one attached hydrogen (secondary N) is 1. The lowest BCUT2D eigenvalue weighted by Gasteiger charge is -2.15. The molecule has 2 atom stereocenters. The number of carbonyl (C=O) groups excluding carboxylic acids is 1. The summed E-state index contributed by atoms with van der Waals surface area (Å²) in [5, 5.41) is 12.4. The molecule has 0 aliphatic heterocycles. The Kier molecular flexibility index (Phi) is 7.01. The lowest BCUT2D eigenvalue weighted by molar-refractivity contribution is 0.0938. The van der Waals surface area contributed by atoms with Gasteiger partial charge in [-0.3, -0.25) is 4.79 Å². The molecule has 1 amide bonds. The Bertz CT molecular complexity index is 637. The Labute approximate surface area is 144 Å². The first-order valence-electron chi connectivity index (χ1n) is 8.64. The number of aliphatic hydroxyl groups excluding tert-OH is 1. The second kappa shape index (κ2) is 9.24. The van der Waals surface area contributed by atoms with Crippen LogP contribution in [0.5, 0.6) is 0 Å². The summed E-state index contributed by atoms with van der Waals surface area (Å²) in [4.78, 5) is 12.5. The van der Waals surface area contributed by atoms with Gasteiger partial charge in [0.1, 0.15) is 0 Å². The molecule has 0 aliphatic carbocycles. The van der Waals surface area contributed by atoms with E-state index in [-0.39, 0.29) is 17.9 Å². The monoisotopic (exact) mass is 325 g/mol. The van der Waals surface area contributed by atoms with Gasteiger partial charge >= 0.3 is 0 Å². The second-order valence-corrected chi connectivity index (χ2v) is 6.54. The molecular weight excluding hydrogens is 298 g/mol. The van der Waals surface area contributed by atoms with Crippen LogP contribution in [0.2, 0.25) is 0 Å². The summed E-state index contributed by atoms with van der Waals surface area (Å²) in [7, 11) is 0. The maximum absolute atomic E-state index is 12.5. The van der Waals surface area contributed by atoms with Gasteiger partial charge in [0, 0.05) is 12.1 Å². The average Bonchev–Trinajstić information content (AvgIpc) is 2.58. The van der Waals surface area contributed by atoms with Crippen molar-refractivity contribution in [3.8, 4) is 0 Å². The van der Waals surface area contributed by atoms with Crippen LogP contribution in [0.3, 0.4) is 0 Å². The number of aliphatic hydroxyl groups is 1. The average molecular weight is 325 g/mol. The van der Waals surface area contributed by atoms with Crippen molar-refractivity contribution in [1.82, 2.24) is 5.32 Å². The molecule has 0 bridgehead atoms. The summed E-state index contributed by atoms with van der Waals surface area (Å²) in [6.45, 7) is 4.39. The van der Waals surface area contributed by atoms with E-state index < -0.39 is 0 Å². The van der Waals surface area contributed by atoms with E-state index in [9.17, 15) is 9.90 Å². The van der Waals surface area contributed by atoms with Gasteiger partial charge in [-0.05, 0) is 49.3 Å². The van der Waals surface area contributed by atoms with Gasteiger partial charge in [0.15, 0.2) is 0 Å². The van der Waals surface area contributed by atoms with Gasteiger partial charge in [-0.15, -0.1) is 0 Å². The first-order valence-corrected chi connectivity index (χ1v) is 8.64. The Hall–Kier alpha value is -2.13. The van der Waals surface area contributed by atoms with Gasteiger partial charge < -0.3 is 10.4 Å². The Morgan fingerprint density at radius 2 is 1.67 bits per heavy atom. The highest BCUT2D eigenvalue weighted by molar-refractivity contribution is 5.95. The molecule has 0 fully saturated rings. The van der Waals surface area contributed by atoms with Crippen molar-refractivity contribution in [1.29, 1.82) is 0 Å². The molecule has 2 aromatic rings. The van der Waals surface area contributed by atoms with Crippen LogP contribution in [0.1, 0.15) is 41.8 Å². The summed E-state index contributed by atoms with van der Waals surface area (Å²) in [5.74, 6) is 0.224. The maximum atomic E-state index is 12.5. The fourth-order valence-electron chi connectivity index (χ4n) is 2.91. The van der Waals surface area contributed by atoms with Crippen LogP contribution >= 0.6 is 0 Å². The van der Waals surface area contributed by atoms with Crippen molar-refractivity contribution in [2.24, 2.45) is 5.92 Å². The summed E-state index contributed by atoms with van der Waals surface area (Å²) in [6.07, 6.45) is 2.12. The molecule has 0 radical (unpaired) electrons. The van der Waals surface area contributed by atoms with Crippen molar-refractivity contribution >= 4 is 5.91 Å². The molecule has 0 spiro atoms. The summed E-state index contributed by atoms with van der Waals surface area (Å²) in [5.41, 5.74) is 3.10. The van der Waals surface area contributed by atoms with E-state index >= 15 is 0 Å². The standard InChI is InChI=1S/C21H27NO2/c1-16(14-17(2)23)15-22-21(24)20-11-7-6-10-19(20)13-12-18-8-4-3-5-9-18/h3-11,16-17,23H,12-15H2,1-2H3,(H,22,24). The van der Waals surface area contributed by atoms with E-state index in [1.54, 1.807) is 6.92 Å². The Morgan fingerprint density at radius 1 is 1.00 bits per heavy atom. The van der Waals surface area contributed by atoms with Crippen molar-refractivity contribution in [2.45, 2.75) is 39.2 Å². The van der Waals surface area contributed by atoms with Gasteiger partial charge in [0.25, 0.3) is 5.91 Å². The van der Waals surface area contributed by atoms with E-state index in [4.69, 9.17) is 0 Å². The summed E-state index contributed by atoms with van der Waals surface area (Å²) >= 11 is 0. The molecule has 2 aromatic carbocycles. The van der Waals surface area contributed by atoms with Crippen LogP contribution in [0.15, 0.2) is 54.6 Å². The first-order chi connectivity index (χ1) is 11.6. The quantitative estimate of drug-likeness (QED) is 0.779. The highest BCUT2D eigenvalue weighted by atomic mass is 16.3. The normalized spacial score (nSPS) is 13.3. The highest BCUT2D eigenvalue weighted by Gasteiger charge is 2.13. The van der Waals surface area contributed by atoms with Gasteiger partial charge in [-0.1, -0.05) is 55.5 Å². The van der Waals surface area contributed by atoms with Gasteiger partial charge in [0.2, 0.25) is 0 Å². The number of rotatable bonds is 8. The van der Waals surface area contributed by atoms with E-state index in [0.29, 0.717) is 13.0 Å². The molecule has 3 nitrogen and oxygen atoms in total. The lowest BCUT2D eigenvalue weighted by Crippen LogP contribution is -2.30. The molecule has 3 heteroatoms. The first kappa shape index (κ1) is 18.2. The number of aryl methyl sites for hydroxylation is 2. The molecular formula is C21H27NO2. The number of carbonyl (C=O) groups is 1. The van der Waals surface area contributed by atoms with Gasteiger partial charge in [-0.2, -0.15) is 0 Å². The summed E-state index contributed by atoms with van der Waals surface area (Å²) in [6, 6.07) is 18.1. The number of hydrogen-bond donors (Lipinski definition) is 2. The fourth-order valence-corrected chi connectivity index (χ4v) is 2.91. The van der Waals surface area contributed by atoms with Crippen LogP contribution in [-0.4, -0.2) is 23.7 Å². The van der Waals surface area contributed by atoms with E-state index in [2.05, 4.69) is 17.4 Å². The molecule has 0 saturated heterocycles. The lowest BCUT2D eigenvalue weighted by atomic mass is 9.99. The minimum atomic E-state index is -0.338. The van der Waals surface area contributed by atoms with Crippen LogP contribution in [0.25, 0.3) is 0 Å². The maximum Gasteiger partial charge on any atom is 0.251 e. The predicted molar refractivity (Wildman–Crippen MR) is 98.1 cm³/mol. The molecule has 128 valence electrons. The molecule has 2 N–H and O–H groups in total. The van der Waals surface area contributed by atoms with Crippen molar-refractivity contribution < 1.29 is 9.90 Å². The third-order valence-electron chi connectivity index (χ3n) is 4.14. The van der Waals surface area contributed by atoms with Gasteiger partial charge in [-0.25, -0.2) is 0 Å². The zero-order valence-corrected chi connectivity index (χ0v) is 14.5. The molecule has 24 heavy (non-hydrogen) atoms. The molecule has 2 rings (SSSR count). The van der Waals surface area contributed by atoms with E-state index in [1.807, 2.05) is 49.4 Å². The van der Waals surface area contributed by atoms with Gasteiger partial charge in [0.05, 0.1) is 6.10 Å². The highest BCUT2D eigenvalue weighted by Crippen LogP contribution is 2.13. The van der Waals surface area contributed by atoms with Crippen molar-refractivity contribution in [2.75, 3.05) is 6.54 Å². The second-order valence-electron chi connectivity index (χ2n) is 6.54. The van der Waals surface area contributed by atoms with E-state index in [0.717, 1.165) is 24.0 Å². The molecule has 0 aromatic heterocycles. The molecule has 0 aliphatic rings. The zero-order valence-electron chi connectivity index (χ0n) is 14.5. The predicted octanol–water partition coefficient (Wildman–Crippen LogP) is 3.61. The number of amides is 1. The van der Waals surface area contributed by atoms with E-state index in [1.165, 1.54) is 5.56 Å². The third kappa shape index (κ3) is 5.82. The number of benzene rings is 2. The van der Waals surface area contributed by atoms with Crippen molar-refractivity contribution in [3.05, 3.63) is 71.3 Å². The summed E-state index contributed by atoms with van der Waals surface area (Å²) < 4.78 is 0. The Morgan fingerprint density at radius 3 is 2.38 bits per heavy atom. The molecule has 0 saturated carbocycles. The smallest absolute Gasteiger partial charge is 0.251 e. The Balaban J connectivity index is 1.96. The third-order valence-corrected chi connectivity index (χ3v) is 4.14.